The summed E-state index contributed by atoms with van der Waals surface area (Å²) in [5, 5.41) is 2.30. The molecule has 0 saturated heterocycles. The summed E-state index contributed by atoms with van der Waals surface area (Å²) < 4.78 is 11.9. The van der Waals surface area contributed by atoms with Gasteiger partial charge in [0.2, 0.25) is 0 Å². The van der Waals surface area contributed by atoms with Gasteiger partial charge >= 0.3 is 0 Å². The largest absolute Gasteiger partial charge is 0.496 e. The molecule has 0 amide bonds. The molecule has 0 aliphatic heterocycles. The van der Waals surface area contributed by atoms with Crippen LogP contribution in [0.4, 0.5) is 0 Å². The number of rotatable bonds is 2. The van der Waals surface area contributed by atoms with Gasteiger partial charge in [0, 0.05) is 33.7 Å². The molecule has 0 heterocycles. The van der Waals surface area contributed by atoms with Crippen molar-refractivity contribution >= 4 is 16.6 Å². The van der Waals surface area contributed by atoms with E-state index in [1.165, 1.54) is 17.5 Å². The monoisotopic (exact) mass is 358 g/mol. The van der Waals surface area contributed by atoms with Crippen molar-refractivity contribution in [3.05, 3.63) is 47.5 Å². The summed E-state index contributed by atoms with van der Waals surface area (Å²) in [7, 11) is 3.59. The quantitative estimate of drug-likeness (QED) is 0.456. The zero-order valence-electron chi connectivity index (χ0n) is 15.5. The van der Waals surface area contributed by atoms with Crippen molar-refractivity contribution in [3.8, 4) is 11.5 Å². The fourth-order valence-electron chi connectivity index (χ4n) is 8.01. The highest BCUT2D eigenvalue weighted by atomic mass is 16.5. The molecule has 0 radical (unpaired) electrons. The molecule has 4 bridgehead atoms. The van der Waals surface area contributed by atoms with E-state index in [0.717, 1.165) is 22.3 Å². The van der Waals surface area contributed by atoms with Crippen LogP contribution in [0, 0.1) is 35.5 Å². The molecule has 3 heteroatoms. The molecule has 3 fully saturated rings. The third-order valence-corrected chi connectivity index (χ3v) is 8.57. The number of hydrogen-bond donors (Lipinski definition) is 0. The highest BCUT2D eigenvalue weighted by molar-refractivity contribution is 5.98. The van der Waals surface area contributed by atoms with Crippen LogP contribution in [0.5, 0.6) is 11.5 Å². The van der Waals surface area contributed by atoms with Gasteiger partial charge in [-0.3, -0.25) is 4.79 Å². The summed E-state index contributed by atoms with van der Waals surface area (Å²) in [5.41, 5.74) is 2.76. The first-order valence-corrected chi connectivity index (χ1v) is 10.1. The number of benzene rings is 2. The fraction of sp³-hybridized carbons (Fsp3) is 0.458. The lowest BCUT2D eigenvalue weighted by Crippen LogP contribution is -2.40. The summed E-state index contributed by atoms with van der Waals surface area (Å²) in [6.07, 6.45) is 5.69. The molecule has 5 aliphatic rings. The number of ketones is 1. The number of ether oxygens (including phenoxy) is 2. The molecule has 0 spiro atoms. The van der Waals surface area contributed by atoms with Crippen molar-refractivity contribution < 1.29 is 14.3 Å². The zero-order chi connectivity index (χ0) is 18.0. The molecule has 0 unspecified atom stereocenters. The highest BCUT2D eigenvalue weighted by Gasteiger charge is 2.71. The topological polar surface area (TPSA) is 35.5 Å². The van der Waals surface area contributed by atoms with Gasteiger partial charge in [0.1, 0.15) is 17.3 Å². The van der Waals surface area contributed by atoms with E-state index in [1.54, 1.807) is 14.2 Å². The van der Waals surface area contributed by atoms with Gasteiger partial charge in [-0.05, 0) is 41.9 Å². The smallest absolute Gasteiger partial charge is 0.147 e. The average Bonchev–Trinajstić information content (AvgIpc) is 3.40. The summed E-state index contributed by atoms with van der Waals surface area (Å²) in [4.78, 5) is 12.7. The van der Waals surface area contributed by atoms with Crippen LogP contribution in [0.15, 0.2) is 36.4 Å². The highest BCUT2D eigenvalue weighted by Crippen LogP contribution is 2.78. The van der Waals surface area contributed by atoms with Crippen molar-refractivity contribution in [2.24, 2.45) is 35.5 Å². The number of hydrogen-bond acceptors (Lipinski definition) is 3. The van der Waals surface area contributed by atoms with E-state index >= 15 is 0 Å². The molecule has 3 saturated carbocycles. The molecular weight excluding hydrogens is 336 g/mol. The number of carbonyl (C=O) groups excluding carboxylic acids is 1. The van der Waals surface area contributed by atoms with Crippen LogP contribution in [-0.2, 0) is 4.79 Å². The van der Waals surface area contributed by atoms with E-state index in [-0.39, 0.29) is 11.8 Å². The predicted octanol–water partition coefficient (Wildman–Crippen LogP) is 4.30. The van der Waals surface area contributed by atoms with Gasteiger partial charge in [-0.1, -0.05) is 36.4 Å². The van der Waals surface area contributed by atoms with Gasteiger partial charge in [-0.15, -0.1) is 0 Å². The maximum Gasteiger partial charge on any atom is 0.147 e. The van der Waals surface area contributed by atoms with Gasteiger partial charge in [-0.25, -0.2) is 0 Å². The zero-order valence-corrected chi connectivity index (χ0v) is 15.5. The van der Waals surface area contributed by atoms with E-state index < -0.39 is 0 Å². The Hall–Kier alpha value is -2.29. The first-order valence-electron chi connectivity index (χ1n) is 10.1. The molecule has 0 N–H and O–H groups in total. The Kier molecular flexibility index (Phi) is 2.49. The Morgan fingerprint density at radius 3 is 1.74 bits per heavy atom. The molecule has 3 nitrogen and oxygen atoms in total. The number of allylic oxidation sites excluding steroid dienone is 2. The van der Waals surface area contributed by atoms with Crippen LogP contribution in [0.1, 0.15) is 29.4 Å². The second-order valence-electron chi connectivity index (χ2n) is 9.05. The van der Waals surface area contributed by atoms with Crippen LogP contribution in [0.25, 0.3) is 10.8 Å². The van der Waals surface area contributed by atoms with Crippen molar-refractivity contribution in [2.75, 3.05) is 14.2 Å². The predicted molar refractivity (Wildman–Crippen MR) is 102 cm³/mol. The Labute approximate surface area is 158 Å². The molecule has 2 aromatic rings. The van der Waals surface area contributed by atoms with Gasteiger partial charge in [-0.2, -0.15) is 0 Å². The van der Waals surface area contributed by atoms with Crippen molar-refractivity contribution in [2.45, 2.75) is 18.3 Å². The number of carbonyl (C=O) groups is 1. The van der Waals surface area contributed by atoms with E-state index in [1.807, 2.05) is 0 Å². The lowest BCUT2D eigenvalue weighted by atomic mass is 9.54. The van der Waals surface area contributed by atoms with Gasteiger partial charge in [0.15, 0.2) is 0 Å². The standard InChI is InChI=1S/C24H22O3/c1-26-23-10-5-3-4-6-11(10)24(27-2)21-19-15-9-14(18(19)20(21)23)16-12-7-8-13(17(15)16)22(12)25/h3-8,12-19H,9H2,1-2H3/t12-,13+,14+,15-,16-,17+,18+,19-. The Morgan fingerprint density at radius 2 is 1.30 bits per heavy atom. The number of fused-ring (bicyclic) bond motifs is 16. The van der Waals surface area contributed by atoms with Crippen LogP contribution in [-0.4, -0.2) is 20.0 Å². The van der Waals surface area contributed by atoms with Crippen molar-refractivity contribution in [3.63, 3.8) is 0 Å². The van der Waals surface area contributed by atoms with E-state index in [0.29, 0.717) is 41.3 Å². The molecule has 7 rings (SSSR count). The molecule has 136 valence electrons. The third kappa shape index (κ3) is 1.39. The maximum atomic E-state index is 12.7. The average molecular weight is 358 g/mol. The van der Waals surface area contributed by atoms with E-state index in [4.69, 9.17) is 9.47 Å². The van der Waals surface area contributed by atoms with Crippen LogP contribution in [0.2, 0.25) is 0 Å². The second kappa shape index (κ2) is 4.57. The van der Waals surface area contributed by atoms with Gasteiger partial charge in [0.05, 0.1) is 14.2 Å². The summed E-state index contributed by atoms with van der Waals surface area (Å²) in [5.74, 6) is 6.41. The first-order chi connectivity index (χ1) is 13.3. The van der Waals surface area contributed by atoms with Crippen LogP contribution < -0.4 is 9.47 Å². The minimum atomic E-state index is 0.188. The second-order valence-corrected chi connectivity index (χ2v) is 9.05. The lowest BCUT2D eigenvalue weighted by Gasteiger charge is -2.50. The molecular formula is C24H22O3. The van der Waals surface area contributed by atoms with Crippen molar-refractivity contribution in [1.29, 1.82) is 0 Å². The lowest BCUT2D eigenvalue weighted by molar-refractivity contribution is -0.121. The summed E-state index contributed by atoms with van der Waals surface area (Å²) in [6.45, 7) is 0. The summed E-state index contributed by atoms with van der Waals surface area (Å²) >= 11 is 0. The third-order valence-electron chi connectivity index (χ3n) is 8.57. The van der Waals surface area contributed by atoms with Gasteiger partial charge in [0.25, 0.3) is 0 Å². The maximum absolute atomic E-state index is 12.7. The molecule has 8 atom stereocenters. The minimum absolute atomic E-state index is 0.188. The number of Topliss-reactive ketones (excluding diaryl/α,β-unsaturated/α-hetero) is 1. The normalized spacial score (nSPS) is 41.5. The Balaban J connectivity index is 1.48. The first kappa shape index (κ1) is 14.7. The van der Waals surface area contributed by atoms with E-state index in [9.17, 15) is 4.79 Å². The minimum Gasteiger partial charge on any atom is -0.496 e. The van der Waals surface area contributed by atoms with Gasteiger partial charge < -0.3 is 9.47 Å². The SMILES string of the molecule is COc1c2c(c(OC)c3ccccc13)[C@H]1[C@H]3C[C@@H]([C@@H]21)[C@H]1[C@@H]3[C@H]2C=C[C@@H]1C2=O. The van der Waals surface area contributed by atoms with E-state index in [2.05, 4.69) is 36.4 Å². The molecule has 27 heavy (non-hydrogen) atoms. The molecule has 2 aromatic carbocycles. The van der Waals surface area contributed by atoms with Crippen LogP contribution in [0.3, 0.4) is 0 Å². The Bertz CT molecular complexity index is 986. The number of methoxy groups -OCH3 is 2. The van der Waals surface area contributed by atoms with Crippen LogP contribution >= 0.6 is 0 Å². The molecule has 0 aromatic heterocycles. The summed E-state index contributed by atoms with van der Waals surface area (Å²) in [6, 6.07) is 8.43. The van der Waals surface area contributed by atoms with Crippen molar-refractivity contribution in [1.82, 2.24) is 0 Å². The Morgan fingerprint density at radius 1 is 0.815 bits per heavy atom. The molecule has 5 aliphatic carbocycles. The fourth-order valence-corrected chi connectivity index (χ4v) is 8.01.